The predicted molar refractivity (Wildman–Crippen MR) is 76.1 cm³/mol. The lowest BCUT2D eigenvalue weighted by Crippen LogP contribution is -2.33. The molecule has 5 nitrogen and oxygen atoms in total. The summed E-state index contributed by atoms with van der Waals surface area (Å²) in [7, 11) is 0. The minimum Gasteiger partial charge on any atom is -0.393 e. The van der Waals surface area contributed by atoms with Gasteiger partial charge in [0.25, 0.3) is 0 Å². The molecule has 1 aromatic heterocycles. The summed E-state index contributed by atoms with van der Waals surface area (Å²) in [6.07, 6.45) is 2.31. The highest BCUT2D eigenvalue weighted by molar-refractivity contribution is 5.82. The van der Waals surface area contributed by atoms with Crippen LogP contribution in [0, 0.1) is 5.92 Å². The molecule has 0 aliphatic carbocycles. The van der Waals surface area contributed by atoms with Crippen LogP contribution < -0.4 is 0 Å². The minimum atomic E-state index is -0.349. The Labute approximate surface area is 117 Å². The zero-order valence-corrected chi connectivity index (χ0v) is 11.6. The van der Waals surface area contributed by atoms with Crippen molar-refractivity contribution in [2.75, 3.05) is 13.1 Å². The molecule has 1 N–H and O–H groups in total. The van der Waals surface area contributed by atoms with Crippen molar-refractivity contribution in [3.8, 4) is 0 Å². The van der Waals surface area contributed by atoms with Gasteiger partial charge < -0.3 is 10.0 Å². The summed E-state index contributed by atoms with van der Waals surface area (Å²) >= 11 is 0. The van der Waals surface area contributed by atoms with Gasteiger partial charge in [-0.2, -0.15) is 5.10 Å². The Kier molecular flexibility index (Phi) is 3.44. The topological polar surface area (TPSA) is 58.4 Å². The van der Waals surface area contributed by atoms with Gasteiger partial charge in [0.1, 0.15) is 6.54 Å². The highest BCUT2D eigenvalue weighted by Gasteiger charge is 2.29. The van der Waals surface area contributed by atoms with Crippen molar-refractivity contribution in [2.45, 2.75) is 26.0 Å². The standard InChI is InChI=1S/C15H19N3O2/c1-11(19)13-6-7-17(9-13)15(20)10-18-14-5-3-2-4-12(14)8-16-18/h2-5,8,11,13,19H,6-7,9-10H2,1H3. The molecule has 1 aromatic carbocycles. The van der Waals surface area contributed by atoms with Crippen molar-refractivity contribution in [3.63, 3.8) is 0 Å². The van der Waals surface area contributed by atoms with E-state index in [2.05, 4.69) is 5.10 Å². The second kappa shape index (κ2) is 5.25. The molecule has 1 fully saturated rings. The first-order valence-corrected chi connectivity index (χ1v) is 7.01. The molecule has 5 heteroatoms. The number of hydrogen-bond acceptors (Lipinski definition) is 3. The van der Waals surface area contributed by atoms with Crippen molar-refractivity contribution in [1.82, 2.24) is 14.7 Å². The minimum absolute atomic E-state index is 0.0713. The fourth-order valence-electron chi connectivity index (χ4n) is 2.79. The van der Waals surface area contributed by atoms with E-state index in [4.69, 9.17) is 0 Å². The monoisotopic (exact) mass is 273 g/mol. The molecule has 0 spiro atoms. The predicted octanol–water partition coefficient (Wildman–Crippen LogP) is 1.27. The molecule has 20 heavy (non-hydrogen) atoms. The average Bonchev–Trinajstić information content (AvgIpc) is 3.06. The SMILES string of the molecule is CC(O)C1CCN(C(=O)Cn2ncc3ccccc32)C1. The van der Waals surface area contributed by atoms with Crippen LogP contribution in [0.5, 0.6) is 0 Å². The molecule has 3 rings (SSSR count). The van der Waals surface area contributed by atoms with Gasteiger partial charge in [0.05, 0.1) is 17.8 Å². The molecular weight excluding hydrogens is 254 g/mol. The molecule has 0 bridgehead atoms. The fraction of sp³-hybridized carbons (Fsp3) is 0.467. The number of aliphatic hydroxyl groups excluding tert-OH is 1. The van der Waals surface area contributed by atoms with Crippen LogP contribution in [0.3, 0.4) is 0 Å². The normalized spacial score (nSPS) is 20.5. The lowest BCUT2D eigenvalue weighted by Gasteiger charge is -2.18. The second-order valence-corrected chi connectivity index (χ2v) is 5.49. The van der Waals surface area contributed by atoms with E-state index in [0.29, 0.717) is 6.54 Å². The largest absolute Gasteiger partial charge is 0.393 e. The van der Waals surface area contributed by atoms with Gasteiger partial charge in [-0.25, -0.2) is 0 Å². The number of rotatable bonds is 3. The number of carbonyl (C=O) groups excluding carboxylic acids is 1. The quantitative estimate of drug-likeness (QED) is 0.916. The third-order valence-corrected chi connectivity index (χ3v) is 4.10. The summed E-state index contributed by atoms with van der Waals surface area (Å²) in [6.45, 7) is 3.43. The molecular formula is C15H19N3O2. The number of likely N-dealkylation sites (tertiary alicyclic amines) is 1. The highest BCUT2D eigenvalue weighted by Crippen LogP contribution is 2.20. The number of para-hydroxylation sites is 1. The van der Waals surface area contributed by atoms with Gasteiger partial charge >= 0.3 is 0 Å². The number of benzene rings is 1. The molecule has 1 aliphatic heterocycles. The van der Waals surface area contributed by atoms with Crippen LogP contribution in [0.15, 0.2) is 30.5 Å². The Morgan fingerprint density at radius 1 is 1.50 bits per heavy atom. The summed E-state index contributed by atoms with van der Waals surface area (Å²) in [5.41, 5.74) is 0.979. The van der Waals surface area contributed by atoms with Crippen molar-refractivity contribution in [1.29, 1.82) is 0 Å². The molecule has 2 aromatic rings. The highest BCUT2D eigenvalue weighted by atomic mass is 16.3. The van der Waals surface area contributed by atoms with Crippen LogP contribution in [0.4, 0.5) is 0 Å². The smallest absolute Gasteiger partial charge is 0.244 e. The lowest BCUT2D eigenvalue weighted by molar-refractivity contribution is -0.131. The molecule has 0 radical (unpaired) electrons. The Morgan fingerprint density at radius 3 is 3.05 bits per heavy atom. The Balaban J connectivity index is 1.70. The van der Waals surface area contributed by atoms with E-state index in [0.717, 1.165) is 23.9 Å². The molecule has 1 amide bonds. The first-order valence-electron chi connectivity index (χ1n) is 7.01. The maximum absolute atomic E-state index is 12.3. The zero-order valence-electron chi connectivity index (χ0n) is 11.6. The average molecular weight is 273 g/mol. The third kappa shape index (κ3) is 2.41. The summed E-state index contributed by atoms with van der Waals surface area (Å²) in [6, 6.07) is 7.87. The molecule has 2 atom stereocenters. The van der Waals surface area contributed by atoms with Gasteiger partial charge in [-0.15, -0.1) is 0 Å². The number of hydrogen-bond donors (Lipinski definition) is 1. The van der Waals surface area contributed by atoms with Gasteiger partial charge in [-0.3, -0.25) is 9.48 Å². The van der Waals surface area contributed by atoms with Crippen LogP contribution >= 0.6 is 0 Å². The van der Waals surface area contributed by atoms with E-state index < -0.39 is 0 Å². The summed E-state index contributed by atoms with van der Waals surface area (Å²) in [4.78, 5) is 14.1. The van der Waals surface area contributed by atoms with Gasteiger partial charge in [0.2, 0.25) is 5.91 Å². The number of aromatic nitrogens is 2. The van der Waals surface area contributed by atoms with Crippen LogP contribution in [0.2, 0.25) is 0 Å². The van der Waals surface area contributed by atoms with Gasteiger partial charge in [-0.05, 0) is 19.4 Å². The first kappa shape index (κ1) is 13.1. The zero-order chi connectivity index (χ0) is 14.1. The number of fused-ring (bicyclic) bond motifs is 1. The van der Waals surface area contributed by atoms with Crippen molar-refractivity contribution in [3.05, 3.63) is 30.5 Å². The molecule has 1 aliphatic rings. The summed E-state index contributed by atoms with van der Waals surface area (Å²) in [5.74, 6) is 0.273. The fourth-order valence-corrected chi connectivity index (χ4v) is 2.79. The number of amides is 1. The molecule has 2 heterocycles. The van der Waals surface area contributed by atoms with E-state index in [9.17, 15) is 9.90 Å². The van der Waals surface area contributed by atoms with E-state index in [-0.39, 0.29) is 24.5 Å². The van der Waals surface area contributed by atoms with E-state index in [1.54, 1.807) is 17.8 Å². The molecule has 1 saturated heterocycles. The van der Waals surface area contributed by atoms with Crippen LogP contribution in [-0.2, 0) is 11.3 Å². The van der Waals surface area contributed by atoms with Crippen molar-refractivity contribution >= 4 is 16.8 Å². The van der Waals surface area contributed by atoms with Crippen LogP contribution in [-0.4, -0.2) is 44.9 Å². The number of nitrogens with zero attached hydrogens (tertiary/aromatic N) is 3. The summed E-state index contributed by atoms with van der Waals surface area (Å²) in [5, 5.41) is 14.9. The van der Waals surface area contributed by atoms with Crippen molar-refractivity contribution in [2.24, 2.45) is 5.92 Å². The van der Waals surface area contributed by atoms with Gasteiger partial charge in [-0.1, -0.05) is 18.2 Å². The number of carbonyl (C=O) groups is 1. The maximum atomic E-state index is 12.3. The molecule has 106 valence electrons. The van der Waals surface area contributed by atoms with Gasteiger partial charge in [0, 0.05) is 24.4 Å². The van der Waals surface area contributed by atoms with E-state index in [1.165, 1.54) is 0 Å². The molecule has 2 unspecified atom stereocenters. The first-order chi connectivity index (χ1) is 9.65. The lowest BCUT2D eigenvalue weighted by atomic mass is 10.0. The van der Waals surface area contributed by atoms with Gasteiger partial charge in [0.15, 0.2) is 0 Å². The Bertz CT molecular complexity index is 620. The van der Waals surface area contributed by atoms with Crippen molar-refractivity contribution < 1.29 is 9.90 Å². The Morgan fingerprint density at radius 2 is 2.30 bits per heavy atom. The molecule has 0 saturated carbocycles. The summed E-state index contributed by atoms with van der Waals surface area (Å²) < 4.78 is 1.74. The maximum Gasteiger partial charge on any atom is 0.244 e. The van der Waals surface area contributed by atoms with Crippen LogP contribution in [0.25, 0.3) is 10.9 Å². The second-order valence-electron chi connectivity index (χ2n) is 5.49. The number of aliphatic hydroxyl groups is 1. The van der Waals surface area contributed by atoms with E-state index >= 15 is 0 Å². The third-order valence-electron chi connectivity index (χ3n) is 4.10. The Hall–Kier alpha value is -1.88. The van der Waals surface area contributed by atoms with E-state index in [1.807, 2.05) is 29.2 Å². The van der Waals surface area contributed by atoms with Crippen LogP contribution in [0.1, 0.15) is 13.3 Å².